The van der Waals surface area contributed by atoms with Crippen LogP contribution in [0.1, 0.15) is 26.2 Å². The van der Waals surface area contributed by atoms with Gasteiger partial charge in [0.1, 0.15) is 6.29 Å². The lowest BCUT2D eigenvalue weighted by Gasteiger charge is -2.24. The topological polar surface area (TPSA) is 66.4 Å². The maximum absolute atomic E-state index is 10.6. The van der Waals surface area contributed by atoms with E-state index < -0.39 is 11.5 Å². The fourth-order valence-corrected chi connectivity index (χ4v) is 1.01. The zero-order chi connectivity index (χ0) is 9.61. The number of carboxylic acids is 1. The normalized spacial score (nSPS) is 15.2. The van der Waals surface area contributed by atoms with Gasteiger partial charge in [-0.2, -0.15) is 0 Å². The molecule has 0 aliphatic rings. The lowest BCUT2D eigenvalue weighted by molar-refractivity contribution is -0.137. The molecule has 0 spiro atoms. The molecule has 0 aromatic heterocycles. The minimum Gasteiger partial charge on any atom is -0.481 e. The number of carboxylic acid groups (broad SMARTS) is 1. The van der Waals surface area contributed by atoms with E-state index in [0.29, 0.717) is 12.8 Å². The summed E-state index contributed by atoms with van der Waals surface area (Å²) in [6.45, 7) is 1.85. The van der Waals surface area contributed by atoms with Gasteiger partial charge < -0.3 is 15.2 Å². The molecule has 70 valence electrons. The molecule has 12 heavy (non-hydrogen) atoms. The first-order valence-electron chi connectivity index (χ1n) is 3.97. The Balaban J connectivity index is 4.11. The van der Waals surface area contributed by atoms with Gasteiger partial charge in [0.25, 0.3) is 0 Å². The van der Waals surface area contributed by atoms with E-state index in [-0.39, 0.29) is 6.42 Å². The third-order valence-corrected chi connectivity index (χ3v) is 2.14. The summed E-state index contributed by atoms with van der Waals surface area (Å²) in [5.41, 5.74) is -0.654. The average molecular weight is 173 g/mol. The largest absolute Gasteiger partial charge is 0.481 e. The smallest absolute Gasteiger partial charge is 0.303 e. The fraction of sp³-hybridized carbons (Fsp3) is 0.750. The Labute approximate surface area is 72.0 Å². The molecule has 0 radical (unpaired) electrons. The highest BCUT2D eigenvalue weighted by atomic mass is 16.4. The molecule has 0 aliphatic carbocycles. The Kier molecular flexibility index (Phi) is 4.51. The first-order valence-corrected chi connectivity index (χ1v) is 3.97. The van der Waals surface area contributed by atoms with E-state index in [1.54, 1.807) is 7.05 Å². The van der Waals surface area contributed by atoms with E-state index in [1.807, 2.05) is 6.92 Å². The molecule has 4 nitrogen and oxygen atoms in total. The third-order valence-electron chi connectivity index (χ3n) is 2.14. The van der Waals surface area contributed by atoms with Crippen molar-refractivity contribution in [1.29, 1.82) is 0 Å². The second kappa shape index (κ2) is 4.87. The van der Waals surface area contributed by atoms with Crippen molar-refractivity contribution in [1.82, 2.24) is 5.32 Å². The van der Waals surface area contributed by atoms with Crippen LogP contribution in [0.5, 0.6) is 0 Å². The van der Waals surface area contributed by atoms with E-state index in [9.17, 15) is 9.59 Å². The summed E-state index contributed by atoms with van der Waals surface area (Å²) in [6.07, 6.45) is 1.77. The highest BCUT2D eigenvalue weighted by Gasteiger charge is 2.25. The van der Waals surface area contributed by atoms with Gasteiger partial charge in [-0.3, -0.25) is 4.79 Å². The Morgan fingerprint density at radius 3 is 2.50 bits per heavy atom. The van der Waals surface area contributed by atoms with Crippen LogP contribution in [0.4, 0.5) is 0 Å². The van der Waals surface area contributed by atoms with Gasteiger partial charge in [-0.15, -0.1) is 0 Å². The number of nitrogens with one attached hydrogen (secondary N) is 1. The summed E-state index contributed by atoms with van der Waals surface area (Å²) in [4.78, 5) is 20.9. The van der Waals surface area contributed by atoms with Gasteiger partial charge in [0.05, 0.1) is 5.54 Å². The molecular formula is C8H15NO3. The first kappa shape index (κ1) is 11.1. The Morgan fingerprint density at radius 1 is 1.67 bits per heavy atom. The summed E-state index contributed by atoms with van der Waals surface area (Å²) in [7, 11) is 1.67. The molecule has 1 atom stereocenters. The zero-order valence-corrected chi connectivity index (χ0v) is 7.46. The van der Waals surface area contributed by atoms with Crippen molar-refractivity contribution in [2.24, 2.45) is 0 Å². The minimum absolute atomic E-state index is 0.0212. The van der Waals surface area contributed by atoms with Crippen molar-refractivity contribution in [3.63, 3.8) is 0 Å². The van der Waals surface area contributed by atoms with Crippen LogP contribution in [0.25, 0.3) is 0 Å². The number of aliphatic carboxylic acids is 1. The van der Waals surface area contributed by atoms with Crippen molar-refractivity contribution in [2.75, 3.05) is 7.05 Å². The van der Waals surface area contributed by atoms with Gasteiger partial charge >= 0.3 is 5.97 Å². The highest BCUT2D eigenvalue weighted by Crippen LogP contribution is 2.13. The highest BCUT2D eigenvalue weighted by molar-refractivity contribution is 5.70. The molecule has 0 heterocycles. The number of carbonyl (C=O) groups excluding carboxylic acids is 1. The SMILES string of the molecule is CC[C@@](C=O)(CCC(=O)O)NC. The van der Waals surface area contributed by atoms with Gasteiger partial charge in [0, 0.05) is 6.42 Å². The third kappa shape index (κ3) is 3.00. The van der Waals surface area contributed by atoms with Crippen molar-refractivity contribution < 1.29 is 14.7 Å². The molecular weight excluding hydrogens is 158 g/mol. The standard InChI is InChI=1S/C8H15NO3/c1-3-8(6-10,9-2)5-4-7(11)12/h6,9H,3-5H2,1-2H3,(H,11,12)/t8-/m0/s1. The van der Waals surface area contributed by atoms with E-state index in [0.717, 1.165) is 6.29 Å². The predicted molar refractivity (Wildman–Crippen MR) is 45.0 cm³/mol. The summed E-state index contributed by atoms with van der Waals surface area (Å²) in [5, 5.41) is 11.3. The van der Waals surface area contributed by atoms with Crippen LogP contribution in [0.3, 0.4) is 0 Å². The zero-order valence-electron chi connectivity index (χ0n) is 7.46. The van der Waals surface area contributed by atoms with Crippen LogP contribution in [-0.4, -0.2) is 29.9 Å². The summed E-state index contributed by atoms with van der Waals surface area (Å²) >= 11 is 0. The number of rotatable bonds is 6. The van der Waals surface area contributed by atoms with E-state index in [2.05, 4.69) is 5.32 Å². The molecule has 0 fully saturated rings. The van der Waals surface area contributed by atoms with Crippen LogP contribution >= 0.6 is 0 Å². The maximum atomic E-state index is 10.6. The van der Waals surface area contributed by atoms with Gasteiger partial charge in [0.2, 0.25) is 0 Å². The minimum atomic E-state index is -0.870. The van der Waals surface area contributed by atoms with E-state index >= 15 is 0 Å². The number of aldehydes is 1. The monoisotopic (exact) mass is 173 g/mol. The van der Waals surface area contributed by atoms with Crippen molar-refractivity contribution in [3.8, 4) is 0 Å². The van der Waals surface area contributed by atoms with Crippen molar-refractivity contribution in [2.45, 2.75) is 31.7 Å². The Morgan fingerprint density at radius 2 is 2.25 bits per heavy atom. The number of hydrogen-bond acceptors (Lipinski definition) is 3. The number of likely N-dealkylation sites (N-methyl/N-ethyl adjacent to an activating group) is 1. The maximum Gasteiger partial charge on any atom is 0.303 e. The molecule has 0 aromatic rings. The quantitative estimate of drug-likeness (QED) is 0.571. The molecule has 0 saturated heterocycles. The van der Waals surface area contributed by atoms with Crippen LogP contribution in [0.2, 0.25) is 0 Å². The van der Waals surface area contributed by atoms with Crippen LogP contribution < -0.4 is 5.32 Å². The van der Waals surface area contributed by atoms with E-state index in [4.69, 9.17) is 5.11 Å². The molecule has 0 aromatic carbocycles. The van der Waals surface area contributed by atoms with Gasteiger partial charge in [-0.25, -0.2) is 0 Å². The number of hydrogen-bond donors (Lipinski definition) is 2. The van der Waals surface area contributed by atoms with Crippen molar-refractivity contribution >= 4 is 12.3 Å². The summed E-state index contributed by atoms with van der Waals surface area (Å²) in [6, 6.07) is 0. The predicted octanol–water partition coefficient (Wildman–Crippen LogP) is 0.418. The molecule has 0 amide bonds. The molecule has 4 heteroatoms. The van der Waals surface area contributed by atoms with Crippen molar-refractivity contribution in [3.05, 3.63) is 0 Å². The fourth-order valence-electron chi connectivity index (χ4n) is 1.01. The van der Waals surface area contributed by atoms with Gasteiger partial charge in [-0.05, 0) is 19.9 Å². The van der Waals surface area contributed by atoms with Gasteiger partial charge in [-0.1, -0.05) is 6.92 Å². The van der Waals surface area contributed by atoms with Crippen LogP contribution in [0.15, 0.2) is 0 Å². The average Bonchev–Trinajstić information content (AvgIpc) is 2.08. The Hall–Kier alpha value is -0.900. The molecule has 0 unspecified atom stereocenters. The summed E-state index contributed by atoms with van der Waals surface area (Å²) in [5.74, 6) is -0.870. The Bertz CT molecular complexity index is 164. The lowest BCUT2D eigenvalue weighted by atomic mass is 9.92. The molecule has 0 bridgehead atoms. The van der Waals surface area contributed by atoms with Crippen LogP contribution in [0, 0.1) is 0 Å². The lowest BCUT2D eigenvalue weighted by Crippen LogP contribution is -2.44. The molecule has 0 saturated carbocycles. The summed E-state index contributed by atoms with van der Waals surface area (Å²) < 4.78 is 0. The molecule has 0 rings (SSSR count). The van der Waals surface area contributed by atoms with E-state index in [1.165, 1.54) is 0 Å². The molecule has 0 aliphatic heterocycles. The first-order chi connectivity index (χ1) is 5.60. The van der Waals surface area contributed by atoms with Crippen LogP contribution in [-0.2, 0) is 9.59 Å². The number of carbonyl (C=O) groups is 2. The second-order valence-corrected chi connectivity index (χ2v) is 2.77. The second-order valence-electron chi connectivity index (χ2n) is 2.77. The van der Waals surface area contributed by atoms with Gasteiger partial charge in [0.15, 0.2) is 0 Å². The molecule has 2 N–H and O–H groups in total.